The number of ether oxygens (including phenoxy) is 1. The summed E-state index contributed by atoms with van der Waals surface area (Å²) in [5.41, 5.74) is -1.52. The smallest absolute Gasteiger partial charge is 0.404 e. The van der Waals surface area contributed by atoms with Gasteiger partial charge in [-0.3, -0.25) is 0 Å². The third-order valence-corrected chi connectivity index (χ3v) is 1.87. The van der Waals surface area contributed by atoms with Gasteiger partial charge in [0.05, 0.1) is 5.56 Å². The molecule has 8 heteroatoms. The molecule has 0 aliphatic carbocycles. The number of halogens is 6. The lowest BCUT2D eigenvalue weighted by atomic mass is 10.2. The van der Waals surface area contributed by atoms with Crippen molar-refractivity contribution < 1.29 is 31.1 Å². The predicted octanol–water partition coefficient (Wildman–Crippen LogP) is 3.89. The van der Waals surface area contributed by atoms with E-state index in [1.807, 2.05) is 0 Å². The summed E-state index contributed by atoms with van der Waals surface area (Å²) in [6.45, 7) is 0. The van der Waals surface area contributed by atoms with Crippen molar-refractivity contribution in [2.24, 2.45) is 0 Å². The summed E-state index contributed by atoms with van der Waals surface area (Å²) < 4.78 is 75.9. The number of alkyl halides is 6. The second-order valence-electron chi connectivity index (χ2n) is 2.70. The van der Waals surface area contributed by atoms with Crippen molar-refractivity contribution in [2.45, 2.75) is 17.4 Å². The van der Waals surface area contributed by atoms with Gasteiger partial charge < -0.3 is 4.74 Å². The highest BCUT2D eigenvalue weighted by atomic mass is 32.1. The SMILES string of the molecule is FC(F)(F)Oc1c(S)cccc1C(F)(F)F. The van der Waals surface area contributed by atoms with Crippen LogP contribution in [0.15, 0.2) is 23.1 Å². The first-order valence-corrected chi connectivity index (χ1v) is 4.21. The van der Waals surface area contributed by atoms with Crippen LogP contribution in [0.2, 0.25) is 0 Å². The Hall–Kier alpha value is -1.05. The molecule has 0 fully saturated rings. The van der Waals surface area contributed by atoms with Crippen LogP contribution in [-0.2, 0) is 6.18 Å². The van der Waals surface area contributed by atoms with Crippen molar-refractivity contribution in [3.8, 4) is 5.75 Å². The summed E-state index contributed by atoms with van der Waals surface area (Å²) in [5, 5.41) is 0. The minimum absolute atomic E-state index is 0.487. The Balaban J connectivity index is 3.25. The first-order chi connectivity index (χ1) is 7.11. The molecule has 0 radical (unpaired) electrons. The Labute approximate surface area is 91.4 Å². The van der Waals surface area contributed by atoms with E-state index in [1.54, 1.807) is 0 Å². The lowest BCUT2D eigenvalue weighted by Crippen LogP contribution is -2.20. The van der Waals surface area contributed by atoms with Crippen LogP contribution in [0.3, 0.4) is 0 Å². The van der Waals surface area contributed by atoms with Crippen LogP contribution in [-0.4, -0.2) is 6.36 Å². The van der Waals surface area contributed by atoms with Crippen molar-refractivity contribution in [3.05, 3.63) is 23.8 Å². The summed E-state index contributed by atoms with van der Waals surface area (Å²) >= 11 is 3.49. The quantitative estimate of drug-likeness (QED) is 0.596. The number of hydrogen-bond donors (Lipinski definition) is 1. The highest BCUT2D eigenvalue weighted by Gasteiger charge is 2.40. The fraction of sp³-hybridized carbons (Fsp3) is 0.250. The minimum atomic E-state index is -5.20. The fourth-order valence-corrected chi connectivity index (χ4v) is 1.22. The van der Waals surface area contributed by atoms with Gasteiger partial charge in [-0.2, -0.15) is 13.2 Å². The lowest BCUT2D eigenvalue weighted by molar-refractivity contribution is -0.277. The Morgan fingerprint density at radius 2 is 1.56 bits per heavy atom. The van der Waals surface area contributed by atoms with Crippen molar-refractivity contribution >= 4 is 12.6 Å². The van der Waals surface area contributed by atoms with Crippen LogP contribution in [0.25, 0.3) is 0 Å². The highest BCUT2D eigenvalue weighted by molar-refractivity contribution is 7.80. The van der Waals surface area contributed by atoms with Gasteiger partial charge in [0.25, 0.3) is 0 Å². The molecule has 1 aromatic carbocycles. The van der Waals surface area contributed by atoms with E-state index in [0.717, 1.165) is 12.1 Å². The Kier molecular flexibility index (Phi) is 3.32. The van der Waals surface area contributed by atoms with Crippen molar-refractivity contribution in [1.29, 1.82) is 0 Å². The van der Waals surface area contributed by atoms with Crippen molar-refractivity contribution in [3.63, 3.8) is 0 Å². The summed E-state index contributed by atoms with van der Waals surface area (Å²) in [6.07, 6.45) is -10.1. The molecule has 1 aromatic rings. The molecular weight excluding hydrogens is 258 g/mol. The maximum absolute atomic E-state index is 12.3. The second kappa shape index (κ2) is 4.08. The zero-order valence-corrected chi connectivity index (χ0v) is 8.25. The normalized spacial score (nSPS) is 12.7. The van der Waals surface area contributed by atoms with E-state index in [2.05, 4.69) is 17.4 Å². The standard InChI is InChI=1S/C8H4F6OS/c9-7(10,11)4-2-1-3-5(16)6(4)15-8(12,13)14/h1-3,16H. The van der Waals surface area contributed by atoms with E-state index < -0.39 is 28.7 Å². The molecule has 0 aromatic heterocycles. The third-order valence-electron chi connectivity index (χ3n) is 1.52. The van der Waals surface area contributed by atoms with Crippen molar-refractivity contribution in [2.75, 3.05) is 0 Å². The molecule has 90 valence electrons. The second-order valence-corrected chi connectivity index (χ2v) is 3.18. The molecule has 0 saturated heterocycles. The third kappa shape index (κ3) is 3.22. The largest absolute Gasteiger partial charge is 0.573 e. The number of rotatable bonds is 1. The zero-order valence-electron chi connectivity index (χ0n) is 7.36. The minimum Gasteiger partial charge on any atom is -0.404 e. The van der Waals surface area contributed by atoms with Gasteiger partial charge in [-0.1, -0.05) is 6.07 Å². The zero-order chi connectivity index (χ0) is 12.6. The van der Waals surface area contributed by atoms with Gasteiger partial charge in [-0.05, 0) is 12.1 Å². The molecule has 0 saturated carbocycles. The van der Waals surface area contributed by atoms with Gasteiger partial charge in [-0.25, -0.2) is 0 Å². The van der Waals surface area contributed by atoms with E-state index in [4.69, 9.17) is 0 Å². The summed E-state index contributed by atoms with van der Waals surface area (Å²) in [5.74, 6) is -1.34. The molecule has 1 nitrogen and oxygen atoms in total. The van der Waals surface area contributed by atoms with E-state index >= 15 is 0 Å². The summed E-state index contributed by atoms with van der Waals surface area (Å²) in [6, 6.07) is 2.40. The molecule has 1 rings (SSSR count). The molecule has 0 heterocycles. The average Bonchev–Trinajstić information content (AvgIpc) is 2.04. The van der Waals surface area contributed by atoms with Gasteiger partial charge in [0.2, 0.25) is 0 Å². The Morgan fingerprint density at radius 3 is 2.00 bits per heavy atom. The fourth-order valence-electron chi connectivity index (χ4n) is 0.971. The molecule has 0 amide bonds. The molecule has 0 spiro atoms. The van der Waals surface area contributed by atoms with Crippen LogP contribution in [0.5, 0.6) is 5.75 Å². The molecule has 0 aliphatic heterocycles. The molecule has 16 heavy (non-hydrogen) atoms. The molecule has 0 atom stereocenters. The van der Waals surface area contributed by atoms with Crippen molar-refractivity contribution in [1.82, 2.24) is 0 Å². The van der Waals surface area contributed by atoms with Gasteiger partial charge in [0.1, 0.15) is 0 Å². The maximum Gasteiger partial charge on any atom is 0.573 e. The van der Waals surface area contributed by atoms with Gasteiger partial charge in [-0.15, -0.1) is 25.8 Å². The number of hydrogen-bond acceptors (Lipinski definition) is 2. The first kappa shape index (κ1) is 13.0. The van der Waals surface area contributed by atoms with E-state index in [-0.39, 0.29) is 0 Å². The van der Waals surface area contributed by atoms with Crippen LogP contribution < -0.4 is 4.74 Å². The van der Waals surface area contributed by atoms with Crippen LogP contribution in [0, 0.1) is 0 Å². The van der Waals surface area contributed by atoms with E-state index in [9.17, 15) is 26.3 Å². The summed E-state index contributed by atoms with van der Waals surface area (Å²) in [7, 11) is 0. The van der Waals surface area contributed by atoms with Gasteiger partial charge in [0.15, 0.2) is 5.75 Å². The van der Waals surface area contributed by atoms with E-state index in [0.29, 0.717) is 6.07 Å². The van der Waals surface area contributed by atoms with Crippen LogP contribution in [0.1, 0.15) is 5.56 Å². The number of benzene rings is 1. The summed E-state index contributed by atoms with van der Waals surface area (Å²) in [4.78, 5) is -0.535. The van der Waals surface area contributed by atoms with E-state index in [1.165, 1.54) is 0 Å². The molecule has 0 aliphatic rings. The highest BCUT2D eigenvalue weighted by Crippen LogP contribution is 2.41. The van der Waals surface area contributed by atoms with Crippen LogP contribution >= 0.6 is 12.6 Å². The molecule has 0 N–H and O–H groups in total. The monoisotopic (exact) mass is 262 g/mol. The average molecular weight is 262 g/mol. The first-order valence-electron chi connectivity index (χ1n) is 3.76. The topological polar surface area (TPSA) is 9.23 Å². The molecule has 0 unspecified atom stereocenters. The number of para-hydroxylation sites is 1. The van der Waals surface area contributed by atoms with Crippen LogP contribution in [0.4, 0.5) is 26.3 Å². The Bertz CT molecular complexity index is 383. The van der Waals surface area contributed by atoms with Gasteiger partial charge in [0, 0.05) is 4.90 Å². The maximum atomic E-state index is 12.3. The lowest BCUT2D eigenvalue weighted by Gasteiger charge is -2.16. The Morgan fingerprint density at radius 1 is 1.00 bits per heavy atom. The predicted molar refractivity (Wildman–Crippen MR) is 45.4 cm³/mol. The molecular formula is C8H4F6OS. The number of thiol groups is 1. The molecule has 0 bridgehead atoms. The van der Waals surface area contributed by atoms with Gasteiger partial charge >= 0.3 is 12.5 Å².